The molecule has 0 amide bonds. The van der Waals surface area contributed by atoms with Crippen LogP contribution in [-0.2, 0) is 13.5 Å². The molecule has 1 aromatic rings. The van der Waals surface area contributed by atoms with Gasteiger partial charge >= 0.3 is 0 Å². The van der Waals surface area contributed by atoms with E-state index in [0.717, 1.165) is 31.9 Å². The molecule has 0 aromatic carbocycles. The first kappa shape index (κ1) is 13.5. The van der Waals surface area contributed by atoms with E-state index < -0.39 is 0 Å². The van der Waals surface area contributed by atoms with Crippen LogP contribution in [0.4, 0.5) is 0 Å². The molecule has 1 heterocycles. The molecule has 0 N–H and O–H groups in total. The molecule has 0 atom stereocenters. The van der Waals surface area contributed by atoms with Crippen molar-refractivity contribution in [2.45, 2.75) is 26.2 Å². The Labute approximate surface area is 103 Å². The predicted octanol–water partition coefficient (Wildman–Crippen LogP) is 2.30. The molecule has 0 aliphatic rings. The van der Waals surface area contributed by atoms with Gasteiger partial charge in [-0.05, 0) is 24.9 Å². The van der Waals surface area contributed by atoms with Gasteiger partial charge in [0.25, 0.3) is 0 Å². The Kier molecular flexibility index (Phi) is 6.50. The molecular formula is C12H22ClN3. The zero-order chi connectivity index (χ0) is 11.8. The van der Waals surface area contributed by atoms with Crippen molar-refractivity contribution in [2.24, 2.45) is 7.05 Å². The average molecular weight is 244 g/mol. The van der Waals surface area contributed by atoms with Gasteiger partial charge in [-0.1, -0.05) is 13.3 Å². The maximum atomic E-state index is 5.80. The van der Waals surface area contributed by atoms with E-state index in [9.17, 15) is 0 Å². The van der Waals surface area contributed by atoms with Crippen LogP contribution in [0.1, 0.15) is 25.3 Å². The predicted molar refractivity (Wildman–Crippen MR) is 69.0 cm³/mol. The highest BCUT2D eigenvalue weighted by Crippen LogP contribution is 2.02. The molecule has 1 aromatic heterocycles. The molecule has 0 aliphatic carbocycles. The number of hydrogen-bond acceptors (Lipinski definition) is 2. The molecular weight excluding hydrogens is 222 g/mol. The Bertz CT molecular complexity index is 286. The Morgan fingerprint density at radius 2 is 2.19 bits per heavy atom. The Hall–Kier alpha value is -0.540. The van der Waals surface area contributed by atoms with E-state index in [-0.39, 0.29) is 0 Å². The Morgan fingerprint density at radius 1 is 1.38 bits per heavy atom. The van der Waals surface area contributed by atoms with Gasteiger partial charge in [-0.3, -0.25) is 4.68 Å². The molecule has 0 radical (unpaired) electrons. The Morgan fingerprint density at radius 3 is 2.75 bits per heavy atom. The van der Waals surface area contributed by atoms with E-state index in [1.807, 2.05) is 17.9 Å². The molecule has 0 aliphatic heterocycles. The average Bonchev–Trinajstić information content (AvgIpc) is 2.68. The SMILES string of the molecule is CCCCN(CCCl)CCc1cnn(C)c1. The standard InChI is InChI=1S/C12H22ClN3/c1-3-4-7-16(9-6-13)8-5-12-10-14-15(2)11-12/h10-11H,3-9H2,1-2H3. The summed E-state index contributed by atoms with van der Waals surface area (Å²) in [5, 5.41) is 4.17. The third-order valence-electron chi connectivity index (χ3n) is 2.70. The van der Waals surface area contributed by atoms with Crippen LogP contribution < -0.4 is 0 Å². The second kappa shape index (κ2) is 7.69. The zero-order valence-electron chi connectivity index (χ0n) is 10.3. The van der Waals surface area contributed by atoms with Crippen molar-refractivity contribution in [3.05, 3.63) is 18.0 Å². The number of aromatic nitrogens is 2. The third-order valence-corrected chi connectivity index (χ3v) is 2.87. The van der Waals surface area contributed by atoms with Crippen LogP contribution in [0.2, 0.25) is 0 Å². The highest BCUT2D eigenvalue weighted by molar-refractivity contribution is 6.18. The fraction of sp³-hybridized carbons (Fsp3) is 0.750. The molecule has 1 rings (SSSR count). The van der Waals surface area contributed by atoms with E-state index in [4.69, 9.17) is 11.6 Å². The molecule has 3 nitrogen and oxygen atoms in total. The zero-order valence-corrected chi connectivity index (χ0v) is 11.1. The molecule has 4 heteroatoms. The lowest BCUT2D eigenvalue weighted by Crippen LogP contribution is -2.29. The van der Waals surface area contributed by atoms with Crippen LogP contribution in [0, 0.1) is 0 Å². The minimum Gasteiger partial charge on any atom is -0.302 e. The maximum Gasteiger partial charge on any atom is 0.0522 e. The summed E-state index contributed by atoms with van der Waals surface area (Å²) in [5.41, 5.74) is 1.30. The number of nitrogens with zero attached hydrogens (tertiary/aromatic N) is 3. The minimum atomic E-state index is 0.719. The van der Waals surface area contributed by atoms with E-state index in [1.54, 1.807) is 0 Å². The van der Waals surface area contributed by atoms with E-state index >= 15 is 0 Å². The maximum absolute atomic E-state index is 5.80. The van der Waals surface area contributed by atoms with Crippen molar-refractivity contribution in [1.29, 1.82) is 0 Å². The number of aryl methyl sites for hydroxylation is 1. The largest absolute Gasteiger partial charge is 0.302 e. The number of hydrogen-bond donors (Lipinski definition) is 0. The van der Waals surface area contributed by atoms with E-state index in [2.05, 4.69) is 23.1 Å². The second-order valence-corrected chi connectivity index (χ2v) is 4.53. The molecule has 0 fully saturated rings. The van der Waals surface area contributed by atoms with Gasteiger partial charge in [0.05, 0.1) is 6.20 Å². The summed E-state index contributed by atoms with van der Waals surface area (Å²) in [5.74, 6) is 0.719. The third kappa shape index (κ3) is 4.99. The quantitative estimate of drug-likeness (QED) is 0.654. The summed E-state index contributed by atoms with van der Waals surface area (Å²) < 4.78 is 1.85. The molecule has 0 unspecified atom stereocenters. The van der Waals surface area contributed by atoms with Crippen molar-refractivity contribution in [3.8, 4) is 0 Å². The van der Waals surface area contributed by atoms with Crippen LogP contribution in [0.15, 0.2) is 12.4 Å². The first-order valence-corrected chi connectivity index (χ1v) is 6.55. The van der Waals surface area contributed by atoms with Crippen molar-refractivity contribution >= 4 is 11.6 Å². The number of halogens is 1. The molecule has 0 bridgehead atoms. The van der Waals surface area contributed by atoms with Gasteiger partial charge in [-0.25, -0.2) is 0 Å². The lowest BCUT2D eigenvalue weighted by molar-refractivity contribution is 0.288. The molecule has 16 heavy (non-hydrogen) atoms. The van der Waals surface area contributed by atoms with Gasteiger partial charge in [0, 0.05) is 32.2 Å². The fourth-order valence-corrected chi connectivity index (χ4v) is 1.96. The summed E-state index contributed by atoms with van der Waals surface area (Å²) in [7, 11) is 1.96. The minimum absolute atomic E-state index is 0.719. The first-order valence-electron chi connectivity index (χ1n) is 6.02. The van der Waals surface area contributed by atoms with E-state index in [0.29, 0.717) is 0 Å². The van der Waals surface area contributed by atoms with Crippen molar-refractivity contribution in [2.75, 3.05) is 25.5 Å². The summed E-state index contributed by atoms with van der Waals surface area (Å²) in [4.78, 5) is 2.43. The van der Waals surface area contributed by atoms with Gasteiger partial charge in [-0.15, -0.1) is 11.6 Å². The lowest BCUT2D eigenvalue weighted by Gasteiger charge is -2.20. The van der Waals surface area contributed by atoms with Gasteiger partial charge in [-0.2, -0.15) is 5.10 Å². The van der Waals surface area contributed by atoms with Crippen molar-refractivity contribution < 1.29 is 0 Å². The normalized spacial score (nSPS) is 11.2. The van der Waals surface area contributed by atoms with Crippen LogP contribution in [0.5, 0.6) is 0 Å². The fourth-order valence-electron chi connectivity index (χ4n) is 1.72. The molecule has 0 saturated heterocycles. The van der Waals surface area contributed by atoms with Crippen LogP contribution in [0.3, 0.4) is 0 Å². The van der Waals surface area contributed by atoms with Crippen LogP contribution >= 0.6 is 11.6 Å². The summed E-state index contributed by atoms with van der Waals surface area (Å²) in [6.07, 6.45) is 7.58. The summed E-state index contributed by atoms with van der Waals surface area (Å²) >= 11 is 5.80. The number of rotatable bonds is 8. The van der Waals surface area contributed by atoms with Gasteiger partial charge in [0.15, 0.2) is 0 Å². The van der Waals surface area contributed by atoms with Crippen LogP contribution in [0.25, 0.3) is 0 Å². The highest BCUT2D eigenvalue weighted by atomic mass is 35.5. The lowest BCUT2D eigenvalue weighted by atomic mass is 10.2. The van der Waals surface area contributed by atoms with Gasteiger partial charge < -0.3 is 4.90 Å². The van der Waals surface area contributed by atoms with Crippen LogP contribution in [-0.4, -0.2) is 40.2 Å². The van der Waals surface area contributed by atoms with E-state index in [1.165, 1.54) is 18.4 Å². The summed E-state index contributed by atoms with van der Waals surface area (Å²) in [6.45, 7) is 5.45. The molecule has 0 spiro atoms. The molecule has 0 saturated carbocycles. The number of alkyl halides is 1. The van der Waals surface area contributed by atoms with Crippen molar-refractivity contribution in [1.82, 2.24) is 14.7 Å². The second-order valence-electron chi connectivity index (χ2n) is 4.16. The number of unbranched alkanes of at least 4 members (excludes halogenated alkanes) is 1. The first-order chi connectivity index (χ1) is 7.76. The smallest absolute Gasteiger partial charge is 0.0522 e. The monoisotopic (exact) mass is 243 g/mol. The highest BCUT2D eigenvalue weighted by Gasteiger charge is 2.04. The topological polar surface area (TPSA) is 21.1 Å². The van der Waals surface area contributed by atoms with Gasteiger partial charge in [0.1, 0.15) is 0 Å². The molecule has 92 valence electrons. The van der Waals surface area contributed by atoms with Crippen molar-refractivity contribution in [3.63, 3.8) is 0 Å². The summed E-state index contributed by atoms with van der Waals surface area (Å²) in [6, 6.07) is 0. The van der Waals surface area contributed by atoms with Gasteiger partial charge in [0.2, 0.25) is 0 Å². The Balaban J connectivity index is 2.30.